The minimum atomic E-state index is 0.408. The summed E-state index contributed by atoms with van der Waals surface area (Å²) in [4.78, 5) is 2.62. The van der Waals surface area contributed by atoms with E-state index < -0.39 is 0 Å². The average molecular weight is 226 g/mol. The van der Waals surface area contributed by atoms with Gasteiger partial charge in [-0.05, 0) is 39.7 Å². The van der Waals surface area contributed by atoms with Crippen molar-refractivity contribution in [3.8, 4) is 0 Å². The highest BCUT2D eigenvalue weighted by atomic mass is 16.5. The van der Waals surface area contributed by atoms with Gasteiger partial charge in [0.1, 0.15) is 0 Å². The molecule has 4 atom stereocenters. The summed E-state index contributed by atoms with van der Waals surface area (Å²) < 4.78 is 5.68. The first-order chi connectivity index (χ1) is 7.70. The molecule has 94 valence electrons. The highest BCUT2D eigenvalue weighted by Crippen LogP contribution is 2.27. The van der Waals surface area contributed by atoms with Gasteiger partial charge in [0.15, 0.2) is 0 Å². The van der Waals surface area contributed by atoms with Crippen molar-refractivity contribution in [1.29, 1.82) is 0 Å². The lowest BCUT2D eigenvalue weighted by atomic mass is 10.0. The van der Waals surface area contributed by atoms with Gasteiger partial charge >= 0.3 is 0 Å². The summed E-state index contributed by atoms with van der Waals surface area (Å²) in [6.45, 7) is 7.73. The standard InChI is InChI=1S/C13H26N2O/c1-10-9-16-11(2)7-15(10)8-12-5-4-6-13(12)14-3/h10-14H,4-9H2,1-3H3. The zero-order valence-electron chi connectivity index (χ0n) is 10.9. The van der Waals surface area contributed by atoms with Gasteiger partial charge < -0.3 is 10.1 Å². The second-order valence-electron chi connectivity index (χ2n) is 5.53. The van der Waals surface area contributed by atoms with Gasteiger partial charge in [0.05, 0.1) is 12.7 Å². The Morgan fingerprint density at radius 3 is 2.88 bits per heavy atom. The van der Waals surface area contributed by atoms with Crippen LogP contribution in [0.3, 0.4) is 0 Å². The first-order valence-corrected chi connectivity index (χ1v) is 6.73. The molecule has 1 N–H and O–H groups in total. The van der Waals surface area contributed by atoms with E-state index in [1.165, 1.54) is 25.8 Å². The number of nitrogens with zero attached hydrogens (tertiary/aromatic N) is 1. The first-order valence-electron chi connectivity index (χ1n) is 6.73. The summed E-state index contributed by atoms with van der Waals surface area (Å²) in [5.41, 5.74) is 0. The molecule has 2 fully saturated rings. The Morgan fingerprint density at radius 2 is 2.12 bits per heavy atom. The third-order valence-corrected chi connectivity index (χ3v) is 4.24. The summed E-state index contributed by atoms with van der Waals surface area (Å²) in [6, 6.07) is 1.33. The van der Waals surface area contributed by atoms with Crippen molar-refractivity contribution >= 4 is 0 Å². The molecule has 4 unspecified atom stereocenters. The number of hydrogen-bond acceptors (Lipinski definition) is 3. The van der Waals surface area contributed by atoms with E-state index in [1.54, 1.807) is 0 Å². The molecule has 16 heavy (non-hydrogen) atoms. The molecule has 1 aliphatic carbocycles. The summed E-state index contributed by atoms with van der Waals surface area (Å²) >= 11 is 0. The van der Waals surface area contributed by atoms with Crippen molar-refractivity contribution in [3.63, 3.8) is 0 Å². The molecule has 1 aliphatic heterocycles. The van der Waals surface area contributed by atoms with E-state index in [4.69, 9.17) is 4.74 Å². The van der Waals surface area contributed by atoms with Gasteiger partial charge in [-0.3, -0.25) is 4.90 Å². The Bertz CT molecular complexity index is 222. The van der Waals surface area contributed by atoms with Crippen LogP contribution in [0, 0.1) is 5.92 Å². The number of rotatable bonds is 3. The Balaban J connectivity index is 1.87. The average Bonchev–Trinajstić information content (AvgIpc) is 2.71. The van der Waals surface area contributed by atoms with Crippen LogP contribution in [0.1, 0.15) is 33.1 Å². The predicted octanol–water partition coefficient (Wildman–Crippen LogP) is 1.48. The quantitative estimate of drug-likeness (QED) is 0.789. The van der Waals surface area contributed by atoms with Gasteiger partial charge in [-0.25, -0.2) is 0 Å². The van der Waals surface area contributed by atoms with Crippen LogP contribution in [0.5, 0.6) is 0 Å². The molecule has 0 amide bonds. The third kappa shape index (κ3) is 2.76. The van der Waals surface area contributed by atoms with Crippen LogP contribution in [0.25, 0.3) is 0 Å². The van der Waals surface area contributed by atoms with Crippen molar-refractivity contribution in [2.45, 2.75) is 51.3 Å². The van der Waals surface area contributed by atoms with Gasteiger partial charge in [-0.15, -0.1) is 0 Å². The first kappa shape index (κ1) is 12.3. The van der Waals surface area contributed by atoms with Crippen molar-refractivity contribution in [1.82, 2.24) is 10.2 Å². The molecular weight excluding hydrogens is 200 g/mol. The lowest BCUT2D eigenvalue weighted by Gasteiger charge is -2.39. The lowest BCUT2D eigenvalue weighted by molar-refractivity contribution is -0.0548. The molecule has 0 aromatic carbocycles. The molecule has 0 aromatic heterocycles. The smallest absolute Gasteiger partial charge is 0.0674 e. The van der Waals surface area contributed by atoms with E-state index in [1.807, 2.05) is 0 Å². The Labute approximate surface area is 99.5 Å². The second-order valence-corrected chi connectivity index (χ2v) is 5.53. The molecule has 1 saturated heterocycles. The fourth-order valence-corrected chi connectivity index (χ4v) is 3.16. The maximum Gasteiger partial charge on any atom is 0.0674 e. The summed E-state index contributed by atoms with van der Waals surface area (Å²) in [5.74, 6) is 0.845. The van der Waals surface area contributed by atoms with Gasteiger partial charge in [-0.2, -0.15) is 0 Å². The van der Waals surface area contributed by atoms with Crippen molar-refractivity contribution in [3.05, 3.63) is 0 Å². The zero-order valence-corrected chi connectivity index (χ0v) is 10.9. The summed E-state index contributed by atoms with van der Waals surface area (Å²) in [7, 11) is 2.11. The summed E-state index contributed by atoms with van der Waals surface area (Å²) in [5, 5.41) is 3.47. The fourth-order valence-electron chi connectivity index (χ4n) is 3.16. The molecule has 0 bridgehead atoms. The molecule has 1 heterocycles. The number of ether oxygens (including phenoxy) is 1. The monoisotopic (exact) mass is 226 g/mol. The van der Waals surface area contributed by atoms with Crippen molar-refractivity contribution in [2.75, 3.05) is 26.7 Å². The maximum absolute atomic E-state index is 5.68. The minimum absolute atomic E-state index is 0.408. The highest BCUT2D eigenvalue weighted by molar-refractivity contribution is 4.86. The Hall–Kier alpha value is -0.120. The van der Waals surface area contributed by atoms with E-state index in [-0.39, 0.29) is 0 Å². The zero-order chi connectivity index (χ0) is 11.5. The number of hydrogen-bond donors (Lipinski definition) is 1. The van der Waals surface area contributed by atoms with Crippen LogP contribution in [0.15, 0.2) is 0 Å². The molecule has 0 spiro atoms. The van der Waals surface area contributed by atoms with Crippen molar-refractivity contribution in [2.24, 2.45) is 5.92 Å². The minimum Gasteiger partial charge on any atom is -0.376 e. The largest absolute Gasteiger partial charge is 0.376 e. The van der Waals surface area contributed by atoms with Gasteiger partial charge in [-0.1, -0.05) is 6.42 Å². The molecule has 2 rings (SSSR count). The van der Waals surface area contributed by atoms with Crippen LogP contribution in [0.4, 0.5) is 0 Å². The van der Waals surface area contributed by atoms with E-state index in [0.29, 0.717) is 12.1 Å². The Morgan fingerprint density at radius 1 is 1.31 bits per heavy atom. The van der Waals surface area contributed by atoms with E-state index >= 15 is 0 Å². The molecule has 0 radical (unpaired) electrons. The van der Waals surface area contributed by atoms with Gasteiger partial charge in [0.25, 0.3) is 0 Å². The van der Waals surface area contributed by atoms with Gasteiger partial charge in [0.2, 0.25) is 0 Å². The van der Waals surface area contributed by atoms with Crippen LogP contribution in [-0.4, -0.2) is 49.8 Å². The fraction of sp³-hybridized carbons (Fsp3) is 1.00. The topological polar surface area (TPSA) is 24.5 Å². The molecule has 1 saturated carbocycles. The van der Waals surface area contributed by atoms with Gasteiger partial charge in [0, 0.05) is 25.2 Å². The third-order valence-electron chi connectivity index (χ3n) is 4.24. The Kier molecular flexibility index (Phi) is 4.22. The van der Waals surface area contributed by atoms with Crippen molar-refractivity contribution < 1.29 is 4.74 Å². The molecule has 2 aliphatic rings. The predicted molar refractivity (Wildman–Crippen MR) is 66.6 cm³/mol. The van der Waals surface area contributed by atoms with E-state index in [2.05, 4.69) is 31.1 Å². The SMILES string of the molecule is CNC1CCCC1CN1CC(C)OCC1C. The highest BCUT2D eigenvalue weighted by Gasteiger charge is 2.31. The number of nitrogens with one attached hydrogen (secondary N) is 1. The molecule has 3 nitrogen and oxygen atoms in total. The maximum atomic E-state index is 5.68. The second kappa shape index (κ2) is 5.48. The lowest BCUT2D eigenvalue weighted by Crippen LogP contribution is -2.50. The van der Waals surface area contributed by atoms with Crippen LogP contribution < -0.4 is 5.32 Å². The number of morpholine rings is 1. The molecular formula is C13H26N2O. The van der Waals surface area contributed by atoms with E-state index in [9.17, 15) is 0 Å². The molecule has 3 heteroatoms. The van der Waals surface area contributed by atoms with Crippen LogP contribution in [0.2, 0.25) is 0 Å². The molecule has 0 aromatic rings. The van der Waals surface area contributed by atoms with Crippen LogP contribution in [-0.2, 0) is 4.74 Å². The van der Waals surface area contributed by atoms with E-state index in [0.717, 1.165) is 25.1 Å². The summed E-state index contributed by atoms with van der Waals surface area (Å²) in [6.07, 6.45) is 4.55. The van der Waals surface area contributed by atoms with Crippen LogP contribution >= 0.6 is 0 Å². The normalized spacial score (nSPS) is 41.4.